The third kappa shape index (κ3) is 1.95. The summed E-state index contributed by atoms with van der Waals surface area (Å²) in [6.07, 6.45) is -4.28. The molecule has 0 spiro atoms. The second-order valence-corrected chi connectivity index (χ2v) is 3.85. The van der Waals surface area contributed by atoms with E-state index in [4.69, 9.17) is 9.84 Å². The van der Waals surface area contributed by atoms with Crippen molar-refractivity contribution < 1.29 is 24.9 Å². The van der Waals surface area contributed by atoms with Crippen LogP contribution in [0.15, 0.2) is 0 Å². The number of hydrogen-bond acceptors (Lipinski definition) is 5. The number of aliphatic hydroxyl groups is 3. The Kier molecular flexibility index (Phi) is 3.60. The van der Waals surface area contributed by atoms with Gasteiger partial charge in [0.2, 0.25) is 0 Å². The van der Waals surface area contributed by atoms with Crippen LogP contribution in [0.2, 0.25) is 0 Å². The third-order valence-corrected chi connectivity index (χ3v) is 2.41. The molecule has 0 saturated carbocycles. The van der Waals surface area contributed by atoms with Gasteiger partial charge in [-0.05, 0) is 5.92 Å². The molecule has 5 heteroatoms. The zero-order valence-electron chi connectivity index (χ0n) is 8.25. The molecule has 3 N–H and O–H groups in total. The highest BCUT2D eigenvalue weighted by Crippen LogP contribution is 2.22. The Hall–Kier alpha value is -0.490. The van der Waals surface area contributed by atoms with E-state index in [1.165, 1.54) is 0 Å². The SMILES string of the molecule is CC(C)[C@@H]1O[C@@H](CO)C(=O)C(O)C1O. The molecule has 1 saturated heterocycles. The Morgan fingerprint density at radius 3 is 2.43 bits per heavy atom. The number of hydrogen-bond donors (Lipinski definition) is 3. The normalized spacial score (nSPS) is 39.1. The molecule has 0 aliphatic carbocycles. The van der Waals surface area contributed by atoms with Crippen LogP contribution in [-0.2, 0) is 9.53 Å². The Bertz CT molecular complexity index is 211. The van der Waals surface area contributed by atoms with Crippen molar-refractivity contribution in [3.63, 3.8) is 0 Å². The first-order valence-corrected chi connectivity index (χ1v) is 4.65. The Morgan fingerprint density at radius 1 is 1.43 bits per heavy atom. The zero-order valence-corrected chi connectivity index (χ0v) is 8.25. The van der Waals surface area contributed by atoms with Gasteiger partial charge in [-0.2, -0.15) is 0 Å². The fourth-order valence-electron chi connectivity index (χ4n) is 1.56. The summed E-state index contributed by atoms with van der Waals surface area (Å²) in [6, 6.07) is 0. The van der Waals surface area contributed by atoms with Gasteiger partial charge in [-0.15, -0.1) is 0 Å². The zero-order chi connectivity index (χ0) is 10.9. The van der Waals surface area contributed by atoms with Gasteiger partial charge in [0, 0.05) is 0 Å². The van der Waals surface area contributed by atoms with Crippen LogP contribution in [0.3, 0.4) is 0 Å². The number of Topliss-reactive ketones (excluding diaryl/α,β-unsaturated/α-hetero) is 1. The average Bonchev–Trinajstić information content (AvgIpc) is 2.14. The molecule has 0 aromatic carbocycles. The van der Waals surface area contributed by atoms with Gasteiger partial charge in [0.25, 0.3) is 0 Å². The van der Waals surface area contributed by atoms with E-state index in [1.807, 2.05) is 13.8 Å². The molecule has 0 bridgehead atoms. The van der Waals surface area contributed by atoms with Crippen molar-refractivity contribution in [2.75, 3.05) is 6.61 Å². The van der Waals surface area contributed by atoms with Crippen molar-refractivity contribution in [3.8, 4) is 0 Å². The Morgan fingerprint density at radius 2 is 2.00 bits per heavy atom. The van der Waals surface area contributed by atoms with Crippen LogP contribution in [0.1, 0.15) is 13.8 Å². The molecular formula is C9H16O5. The quantitative estimate of drug-likeness (QED) is 0.520. The number of aliphatic hydroxyl groups excluding tert-OH is 3. The minimum atomic E-state index is -1.45. The predicted octanol–water partition coefficient (Wildman–Crippen LogP) is -1.31. The summed E-state index contributed by atoms with van der Waals surface area (Å²) in [5.41, 5.74) is 0. The largest absolute Gasteiger partial charge is 0.393 e. The van der Waals surface area contributed by atoms with Gasteiger partial charge >= 0.3 is 0 Å². The molecule has 0 amide bonds. The van der Waals surface area contributed by atoms with E-state index in [-0.39, 0.29) is 5.92 Å². The van der Waals surface area contributed by atoms with E-state index >= 15 is 0 Å². The number of carbonyl (C=O) groups is 1. The molecule has 82 valence electrons. The molecular weight excluding hydrogens is 188 g/mol. The maximum absolute atomic E-state index is 11.2. The summed E-state index contributed by atoms with van der Waals surface area (Å²) in [6.45, 7) is 3.15. The van der Waals surface area contributed by atoms with Crippen LogP contribution >= 0.6 is 0 Å². The molecule has 1 fully saturated rings. The topological polar surface area (TPSA) is 87.0 Å². The lowest BCUT2D eigenvalue weighted by molar-refractivity contribution is -0.193. The van der Waals surface area contributed by atoms with Crippen molar-refractivity contribution in [2.24, 2.45) is 5.92 Å². The minimum absolute atomic E-state index is 0.0261. The van der Waals surface area contributed by atoms with Crippen LogP contribution < -0.4 is 0 Å². The molecule has 0 radical (unpaired) electrons. The fraction of sp³-hybridized carbons (Fsp3) is 0.889. The summed E-state index contributed by atoms with van der Waals surface area (Å²) in [5, 5.41) is 27.7. The van der Waals surface area contributed by atoms with Crippen LogP contribution in [0.4, 0.5) is 0 Å². The van der Waals surface area contributed by atoms with Gasteiger partial charge in [-0.1, -0.05) is 13.8 Å². The monoisotopic (exact) mass is 204 g/mol. The molecule has 5 nitrogen and oxygen atoms in total. The highest BCUT2D eigenvalue weighted by Gasteiger charge is 2.43. The van der Waals surface area contributed by atoms with Gasteiger partial charge < -0.3 is 20.1 Å². The smallest absolute Gasteiger partial charge is 0.195 e. The van der Waals surface area contributed by atoms with E-state index in [0.29, 0.717) is 0 Å². The number of carbonyl (C=O) groups excluding carboxylic acids is 1. The van der Waals surface area contributed by atoms with Gasteiger partial charge in [-0.25, -0.2) is 0 Å². The molecule has 14 heavy (non-hydrogen) atoms. The van der Waals surface area contributed by atoms with Crippen molar-refractivity contribution in [2.45, 2.75) is 38.3 Å². The summed E-state index contributed by atoms with van der Waals surface area (Å²) in [7, 11) is 0. The van der Waals surface area contributed by atoms with Crippen LogP contribution in [-0.4, -0.2) is 52.1 Å². The molecule has 2 unspecified atom stereocenters. The maximum atomic E-state index is 11.2. The molecule has 1 aliphatic heterocycles. The second-order valence-electron chi connectivity index (χ2n) is 3.85. The fourth-order valence-corrected chi connectivity index (χ4v) is 1.56. The number of ether oxygens (including phenoxy) is 1. The maximum Gasteiger partial charge on any atom is 0.195 e. The van der Waals surface area contributed by atoms with Gasteiger partial charge in [0.1, 0.15) is 18.3 Å². The summed E-state index contributed by atoms with van der Waals surface area (Å²) in [5.74, 6) is -0.682. The van der Waals surface area contributed by atoms with E-state index in [0.717, 1.165) is 0 Å². The lowest BCUT2D eigenvalue weighted by Gasteiger charge is -2.37. The highest BCUT2D eigenvalue weighted by atomic mass is 16.5. The standard InChI is InChI=1S/C9H16O5/c1-4(2)9-8(13)7(12)6(11)5(3-10)14-9/h4-5,7-10,12-13H,3H2,1-2H3/t5-,7?,8?,9-/m0/s1. The van der Waals surface area contributed by atoms with Crippen LogP contribution in [0.5, 0.6) is 0 Å². The van der Waals surface area contributed by atoms with Crippen molar-refractivity contribution in [3.05, 3.63) is 0 Å². The first-order chi connectivity index (χ1) is 6.49. The highest BCUT2D eigenvalue weighted by molar-refractivity contribution is 5.88. The second kappa shape index (κ2) is 4.35. The number of ketones is 1. The lowest BCUT2D eigenvalue weighted by Crippen LogP contribution is -2.57. The predicted molar refractivity (Wildman–Crippen MR) is 47.6 cm³/mol. The molecule has 1 heterocycles. The lowest BCUT2D eigenvalue weighted by atomic mass is 9.90. The molecule has 4 atom stereocenters. The van der Waals surface area contributed by atoms with Crippen molar-refractivity contribution in [1.82, 2.24) is 0 Å². The molecule has 0 aromatic rings. The minimum Gasteiger partial charge on any atom is -0.393 e. The number of rotatable bonds is 2. The van der Waals surface area contributed by atoms with E-state index < -0.39 is 36.8 Å². The third-order valence-electron chi connectivity index (χ3n) is 2.41. The van der Waals surface area contributed by atoms with Crippen molar-refractivity contribution >= 4 is 5.78 Å². The first-order valence-electron chi connectivity index (χ1n) is 4.65. The van der Waals surface area contributed by atoms with Crippen LogP contribution in [0, 0.1) is 5.92 Å². The first kappa shape index (κ1) is 11.6. The Labute approximate surface area is 82.3 Å². The molecule has 1 aliphatic rings. The van der Waals surface area contributed by atoms with E-state index in [2.05, 4.69) is 0 Å². The molecule has 1 rings (SSSR count). The summed E-state index contributed by atoms with van der Waals surface area (Å²) in [4.78, 5) is 11.2. The summed E-state index contributed by atoms with van der Waals surface area (Å²) >= 11 is 0. The van der Waals surface area contributed by atoms with Crippen LogP contribution in [0.25, 0.3) is 0 Å². The average molecular weight is 204 g/mol. The Balaban J connectivity index is 2.78. The van der Waals surface area contributed by atoms with Gasteiger partial charge in [-0.3, -0.25) is 4.79 Å². The van der Waals surface area contributed by atoms with Gasteiger partial charge in [0.15, 0.2) is 5.78 Å². The van der Waals surface area contributed by atoms with Gasteiger partial charge in [0.05, 0.1) is 12.7 Å². The molecule has 0 aromatic heterocycles. The van der Waals surface area contributed by atoms with Crippen molar-refractivity contribution in [1.29, 1.82) is 0 Å². The van der Waals surface area contributed by atoms with E-state index in [1.54, 1.807) is 0 Å². The summed E-state index contributed by atoms with van der Waals surface area (Å²) < 4.78 is 5.18. The van der Waals surface area contributed by atoms with E-state index in [9.17, 15) is 15.0 Å².